The van der Waals surface area contributed by atoms with Crippen molar-refractivity contribution in [3.05, 3.63) is 36.2 Å². The Morgan fingerprint density at radius 1 is 1.60 bits per heavy atom. The van der Waals surface area contributed by atoms with E-state index in [0.29, 0.717) is 5.82 Å². The summed E-state index contributed by atoms with van der Waals surface area (Å²) in [6.45, 7) is 3.94. The van der Waals surface area contributed by atoms with Gasteiger partial charge in [0.1, 0.15) is 5.82 Å². The summed E-state index contributed by atoms with van der Waals surface area (Å²) in [4.78, 5) is 15.3. The molecule has 0 bridgehead atoms. The van der Waals surface area contributed by atoms with Crippen LogP contribution in [0.2, 0.25) is 0 Å². The smallest absolute Gasteiger partial charge is 0.315 e. The van der Waals surface area contributed by atoms with Crippen LogP contribution in [0.4, 0.5) is 10.6 Å². The van der Waals surface area contributed by atoms with E-state index in [9.17, 15) is 4.79 Å². The highest BCUT2D eigenvalue weighted by molar-refractivity contribution is 5.88. The highest BCUT2D eigenvalue weighted by atomic mass is 16.2. The van der Waals surface area contributed by atoms with Crippen LogP contribution in [0.15, 0.2) is 30.6 Å². The Bertz CT molecular complexity index is 361. The van der Waals surface area contributed by atoms with Crippen molar-refractivity contribution in [3.63, 3.8) is 0 Å². The Morgan fingerprint density at radius 2 is 2.40 bits per heavy atom. The number of allylic oxidation sites excluding steroid dienone is 1. The van der Waals surface area contributed by atoms with Crippen LogP contribution in [0.25, 0.3) is 0 Å². The molecule has 1 rings (SSSR count). The molecule has 4 nitrogen and oxygen atoms in total. The van der Waals surface area contributed by atoms with Gasteiger partial charge in [-0.05, 0) is 31.0 Å². The van der Waals surface area contributed by atoms with Gasteiger partial charge in [0.15, 0.2) is 0 Å². The quantitative estimate of drug-likeness (QED) is 0.796. The Balaban J connectivity index is 2.48. The normalized spacial score (nSPS) is 10.3. The molecule has 0 aliphatic heterocycles. The Hall–Kier alpha value is -1.84. The molecule has 0 aliphatic carbocycles. The lowest BCUT2D eigenvalue weighted by Gasteiger charge is -2.03. The summed E-state index contributed by atoms with van der Waals surface area (Å²) < 4.78 is 0. The van der Waals surface area contributed by atoms with E-state index in [4.69, 9.17) is 0 Å². The van der Waals surface area contributed by atoms with Crippen molar-refractivity contribution in [3.8, 4) is 0 Å². The number of rotatable bonds is 3. The average molecular weight is 205 g/mol. The number of anilines is 1. The molecule has 0 fully saturated rings. The third-order valence-corrected chi connectivity index (χ3v) is 1.73. The lowest BCUT2D eigenvalue weighted by molar-refractivity contribution is 0.255. The molecule has 15 heavy (non-hydrogen) atoms. The molecule has 1 heterocycles. The molecule has 0 saturated carbocycles. The monoisotopic (exact) mass is 205 g/mol. The third kappa shape index (κ3) is 4.26. The van der Waals surface area contributed by atoms with Gasteiger partial charge >= 0.3 is 6.03 Å². The van der Waals surface area contributed by atoms with E-state index in [1.165, 1.54) is 0 Å². The molecule has 2 amide bonds. The maximum absolute atomic E-state index is 11.3. The van der Waals surface area contributed by atoms with E-state index >= 15 is 0 Å². The lowest BCUT2D eigenvalue weighted by Crippen LogP contribution is -2.24. The first kappa shape index (κ1) is 11.2. The molecule has 0 unspecified atom stereocenters. The summed E-state index contributed by atoms with van der Waals surface area (Å²) in [5.74, 6) is 0.553. The summed E-state index contributed by atoms with van der Waals surface area (Å²) in [5.41, 5.74) is 1.06. The second-order valence-corrected chi connectivity index (χ2v) is 3.13. The molecule has 4 heteroatoms. The number of carbonyl (C=O) groups excluding carboxylic acids is 1. The molecule has 1 aromatic heterocycles. The molecule has 0 spiro atoms. The zero-order valence-electron chi connectivity index (χ0n) is 8.95. The molecule has 0 aliphatic rings. The third-order valence-electron chi connectivity index (χ3n) is 1.73. The molecular weight excluding hydrogens is 190 g/mol. The standard InChI is InChI=1S/C11H15N3O/c1-3-4-6-13-11(15)14-10-8-9(2)5-7-12-10/h4-8H,3H2,1-2H3,(H2,12,13,14,15)/b6-4+. The SMILES string of the molecule is CC/C=C/NC(=O)Nc1cc(C)ccn1. The van der Waals surface area contributed by atoms with Crippen LogP contribution < -0.4 is 10.6 Å². The van der Waals surface area contributed by atoms with Crippen LogP contribution in [0.5, 0.6) is 0 Å². The Labute approximate surface area is 89.4 Å². The van der Waals surface area contributed by atoms with Crippen molar-refractivity contribution < 1.29 is 4.79 Å². The number of aryl methyl sites for hydroxylation is 1. The van der Waals surface area contributed by atoms with Crippen LogP contribution >= 0.6 is 0 Å². The second-order valence-electron chi connectivity index (χ2n) is 3.13. The second kappa shape index (κ2) is 5.80. The minimum Gasteiger partial charge on any atom is -0.315 e. The number of hydrogen-bond donors (Lipinski definition) is 2. The highest BCUT2D eigenvalue weighted by Gasteiger charge is 1.99. The largest absolute Gasteiger partial charge is 0.324 e. The fourth-order valence-electron chi connectivity index (χ4n) is 1.01. The van der Waals surface area contributed by atoms with Crippen molar-refractivity contribution in [2.75, 3.05) is 5.32 Å². The van der Waals surface area contributed by atoms with Crippen molar-refractivity contribution in [1.82, 2.24) is 10.3 Å². The van der Waals surface area contributed by atoms with Gasteiger partial charge in [0, 0.05) is 12.4 Å². The van der Waals surface area contributed by atoms with Gasteiger partial charge in [-0.15, -0.1) is 0 Å². The summed E-state index contributed by atoms with van der Waals surface area (Å²) >= 11 is 0. The topological polar surface area (TPSA) is 54.0 Å². The van der Waals surface area contributed by atoms with Crippen molar-refractivity contribution in [1.29, 1.82) is 0 Å². The van der Waals surface area contributed by atoms with Gasteiger partial charge in [0.2, 0.25) is 0 Å². The molecule has 0 aromatic carbocycles. The van der Waals surface area contributed by atoms with Crippen LogP contribution in [-0.2, 0) is 0 Å². The van der Waals surface area contributed by atoms with Gasteiger partial charge < -0.3 is 5.32 Å². The van der Waals surface area contributed by atoms with Crippen molar-refractivity contribution in [2.45, 2.75) is 20.3 Å². The number of hydrogen-bond acceptors (Lipinski definition) is 2. The van der Waals surface area contributed by atoms with E-state index in [2.05, 4.69) is 15.6 Å². The average Bonchev–Trinajstić information content (AvgIpc) is 2.18. The number of nitrogens with one attached hydrogen (secondary N) is 2. The molecule has 1 aromatic rings. The van der Waals surface area contributed by atoms with Crippen LogP contribution in [-0.4, -0.2) is 11.0 Å². The summed E-state index contributed by atoms with van der Waals surface area (Å²) in [7, 11) is 0. The summed E-state index contributed by atoms with van der Waals surface area (Å²) in [6, 6.07) is 3.40. The van der Waals surface area contributed by atoms with E-state index in [1.807, 2.05) is 32.1 Å². The van der Waals surface area contributed by atoms with Crippen molar-refractivity contribution in [2.24, 2.45) is 0 Å². The molecule has 0 atom stereocenters. The van der Waals surface area contributed by atoms with Gasteiger partial charge in [-0.25, -0.2) is 9.78 Å². The van der Waals surface area contributed by atoms with Crippen LogP contribution in [0.1, 0.15) is 18.9 Å². The van der Waals surface area contributed by atoms with E-state index in [-0.39, 0.29) is 6.03 Å². The maximum Gasteiger partial charge on any atom is 0.324 e. The van der Waals surface area contributed by atoms with Crippen LogP contribution in [0.3, 0.4) is 0 Å². The first-order chi connectivity index (χ1) is 7.22. The zero-order chi connectivity index (χ0) is 11.1. The maximum atomic E-state index is 11.3. The number of urea groups is 1. The fourth-order valence-corrected chi connectivity index (χ4v) is 1.01. The van der Waals surface area contributed by atoms with Crippen LogP contribution in [0, 0.1) is 6.92 Å². The van der Waals surface area contributed by atoms with Gasteiger partial charge in [-0.2, -0.15) is 0 Å². The Morgan fingerprint density at radius 3 is 3.07 bits per heavy atom. The molecule has 0 saturated heterocycles. The number of aromatic nitrogens is 1. The predicted octanol–water partition coefficient (Wildman–Crippen LogP) is 2.44. The Kier molecular flexibility index (Phi) is 4.34. The first-order valence-corrected chi connectivity index (χ1v) is 4.87. The minimum absolute atomic E-state index is 0.280. The van der Waals surface area contributed by atoms with E-state index in [0.717, 1.165) is 12.0 Å². The van der Waals surface area contributed by atoms with Gasteiger partial charge in [-0.3, -0.25) is 5.32 Å². The van der Waals surface area contributed by atoms with E-state index in [1.54, 1.807) is 12.4 Å². The number of pyridine rings is 1. The first-order valence-electron chi connectivity index (χ1n) is 4.87. The number of nitrogens with zero attached hydrogens (tertiary/aromatic N) is 1. The molecule has 80 valence electrons. The number of amides is 2. The number of carbonyl (C=O) groups is 1. The molecule has 2 N–H and O–H groups in total. The van der Waals surface area contributed by atoms with E-state index < -0.39 is 0 Å². The summed E-state index contributed by atoms with van der Waals surface area (Å²) in [5, 5.41) is 5.21. The zero-order valence-corrected chi connectivity index (χ0v) is 8.95. The summed E-state index contributed by atoms with van der Waals surface area (Å²) in [6.07, 6.45) is 6.03. The van der Waals surface area contributed by atoms with Gasteiger partial charge in [0.05, 0.1) is 0 Å². The molecular formula is C11H15N3O. The van der Waals surface area contributed by atoms with Gasteiger partial charge in [0.25, 0.3) is 0 Å². The lowest BCUT2D eigenvalue weighted by atomic mass is 10.3. The molecule has 0 radical (unpaired) electrons. The van der Waals surface area contributed by atoms with Crippen molar-refractivity contribution >= 4 is 11.8 Å². The predicted molar refractivity (Wildman–Crippen MR) is 60.6 cm³/mol. The fraction of sp³-hybridized carbons (Fsp3) is 0.273. The minimum atomic E-state index is -0.280. The van der Waals surface area contributed by atoms with Gasteiger partial charge in [-0.1, -0.05) is 13.0 Å². The highest BCUT2D eigenvalue weighted by Crippen LogP contribution is 2.04.